The Morgan fingerprint density at radius 2 is 2.15 bits per heavy atom. The molecule has 1 saturated heterocycles. The summed E-state index contributed by atoms with van der Waals surface area (Å²) in [5.74, 6) is 1.10. The molecule has 2 aromatic rings. The first-order chi connectivity index (χ1) is 9.90. The van der Waals surface area contributed by atoms with Gasteiger partial charge in [0.1, 0.15) is 0 Å². The second-order valence-electron chi connectivity index (χ2n) is 5.17. The molecule has 1 aliphatic rings. The summed E-state index contributed by atoms with van der Waals surface area (Å²) in [7, 11) is 0. The van der Waals surface area contributed by atoms with Crippen molar-refractivity contribution in [1.29, 1.82) is 0 Å². The summed E-state index contributed by atoms with van der Waals surface area (Å²) in [5, 5.41) is 3.45. The first-order valence-electron chi connectivity index (χ1n) is 7.42. The van der Waals surface area contributed by atoms with Crippen molar-refractivity contribution in [2.45, 2.75) is 19.9 Å². The lowest BCUT2D eigenvalue weighted by atomic mass is 10.3. The summed E-state index contributed by atoms with van der Waals surface area (Å²) in [5.41, 5.74) is 2.31. The van der Waals surface area contributed by atoms with Gasteiger partial charge in [-0.1, -0.05) is 24.3 Å². The Hall–Kier alpha value is -1.81. The van der Waals surface area contributed by atoms with E-state index in [1.165, 1.54) is 11.9 Å². The predicted octanol–water partition coefficient (Wildman–Crippen LogP) is 2.41. The van der Waals surface area contributed by atoms with Gasteiger partial charge in [0.05, 0.1) is 11.0 Å². The number of para-hydroxylation sites is 2. The van der Waals surface area contributed by atoms with Crippen LogP contribution in [0.5, 0.6) is 0 Å². The van der Waals surface area contributed by atoms with Gasteiger partial charge < -0.3 is 14.8 Å². The molecule has 106 valence electrons. The third-order valence-corrected chi connectivity index (χ3v) is 3.78. The normalized spacial score (nSPS) is 16.9. The summed E-state index contributed by atoms with van der Waals surface area (Å²) in [6.07, 6.45) is 5.46. The maximum Gasteiger partial charge on any atom is 0.206 e. The van der Waals surface area contributed by atoms with Gasteiger partial charge in [0, 0.05) is 26.2 Å². The molecule has 0 amide bonds. The van der Waals surface area contributed by atoms with Crippen molar-refractivity contribution in [3.63, 3.8) is 0 Å². The maximum absolute atomic E-state index is 4.86. The Bertz CT molecular complexity index is 592. The minimum atomic E-state index is 0.885. The van der Waals surface area contributed by atoms with Crippen molar-refractivity contribution in [2.24, 2.45) is 0 Å². The summed E-state index contributed by atoms with van der Waals surface area (Å²) >= 11 is 0. The van der Waals surface area contributed by atoms with E-state index in [9.17, 15) is 0 Å². The topological polar surface area (TPSA) is 33.1 Å². The van der Waals surface area contributed by atoms with E-state index < -0.39 is 0 Å². The molecule has 1 aliphatic heterocycles. The molecule has 1 aromatic heterocycles. The van der Waals surface area contributed by atoms with Crippen LogP contribution in [0.3, 0.4) is 0 Å². The van der Waals surface area contributed by atoms with Crippen LogP contribution in [0.2, 0.25) is 0 Å². The van der Waals surface area contributed by atoms with Crippen LogP contribution in [0, 0.1) is 0 Å². The second kappa shape index (κ2) is 6.09. The third-order valence-electron chi connectivity index (χ3n) is 3.78. The molecular formula is C16H22N4. The van der Waals surface area contributed by atoms with Crippen LogP contribution in [-0.4, -0.2) is 35.7 Å². The Morgan fingerprint density at radius 1 is 1.25 bits per heavy atom. The number of hydrogen-bond acceptors (Lipinski definition) is 3. The van der Waals surface area contributed by atoms with Crippen molar-refractivity contribution >= 4 is 17.0 Å². The van der Waals surface area contributed by atoms with E-state index >= 15 is 0 Å². The molecule has 4 heteroatoms. The third kappa shape index (κ3) is 2.56. The summed E-state index contributed by atoms with van der Waals surface area (Å²) in [6.45, 7) is 7.19. The zero-order valence-electron chi connectivity index (χ0n) is 12.0. The highest BCUT2D eigenvalue weighted by molar-refractivity contribution is 5.78. The molecular weight excluding hydrogens is 248 g/mol. The molecule has 4 nitrogen and oxygen atoms in total. The zero-order chi connectivity index (χ0) is 13.8. The second-order valence-corrected chi connectivity index (χ2v) is 5.17. The van der Waals surface area contributed by atoms with E-state index in [2.05, 4.69) is 58.1 Å². The number of benzene rings is 1. The average molecular weight is 270 g/mol. The number of aromatic nitrogens is 2. The van der Waals surface area contributed by atoms with Crippen molar-refractivity contribution in [2.75, 3.05) is 31.1 Å². The maximum atomic E-state index is 4.86. The van der Waals surface area contributed by atoms with Crippen LogP contribution in [0.4, 0.5) is 5.95 Å². The quantitative estimate of drug-likeness (QED) is 0.870. The van der Waals surface area contributed by atoms with E-state index in [-0.39, 0.29) is 0 Å². The number of imidazole rings is 1. The van der Waals surface area contributed by atoms with E-state index in [4.69, 9.17) is 4.98 Å². The fraction of sp³-hybridized carbons (Fsp3) is 0.438. The van der Waals surface area contributed by atoms with Gasteiger partial charge in [-0.05, 0) is 32.0 Å². The Balaban J connectivity index is 2.03. The number of fused-ring (bicyclic) bond motifs is 1. The lowest BCUT2D eigenvalue weighted by Gasteiger charge is -2.22. The highest BCUT2D eigenvalue weighted by Gasteiger charge is 2.17. The van der Waals surface area contributed by atoms with E-state index in [0.29, 0.717) is 0 Å². The van der Waals surface area contributed by atoms with Crippen molar-refractivity contribution in [3.05, 3.63) is 36.4 Å². The SMILES string of the molecule is C/C=C/Cn1c(N2CCCNCC2)nc2ccccc21. The first kappa shape index (κ1) is 13.2. The van der Waals surface area contributed by atoms with Crippen LogP contribution in [0.25, 0.3) is 11.0 Å². The fourth-order valence-corrected chi connectivity index (χ4v) is 2.74. The summed E-state index contributed by atoms with van der Waals surface area (Å²) in [4.78, 5) is 7.26. The molecule has 0 bridgehead atoms. The highest BCUT2D eigenvalue weighted by atomic mass is 15.3. The average Bonchev–Trinajstić information content (AvgIpc) is 2.66. The molecule has 1 fully saturated rings. The van der Waals surface area contributed by atoms with Crippen LogP contribution in [-0.2, 0) is 6.54 Å². The van der Waals surface area contributed by atoms with Crippen LogP contribution < -0.4 is 10.2 Å². The molecule has 0 atom stereocenters. The molecule has 0 aliphatic carbocycles. The Kier molecular flexibility index (Phi) is 4.02. The molecule has 0 unspecified atom stereocenters. The number of nitrogens with zero attached hydrogens (tertiary/aromatic N) is 3. The number of allylic oxidation sites excluding steroid dienone is 2. The Labute approximate surface area is 120 Å². The van der Waals surface area contributed by atoms with Gasteiger partial charge >= 0.3 is 0 Å². The summed E-state index contributed by atoms with van der Waals surface area (Å²) in [6, 6.07) is 8.40. The number of nitrogens with one attached hydrogen (secondary N) is 1. The molecule has 0 radical (unpaired) electrons. The molecule has 1 aromatic carbocycles. The lowest BCUT2D eigenvalue weighted by Crippen LogP contribution is -2.30. The molecule has 20 heavy (non-hydrogen) atoms. The smallest absolute Gasteiger partial charge is 0.206 e. The van der Waals surface area contributed by atoms with Gasteiger partial charge in [0.2, 0.25) is 5.95 Å². The van der Waals surface area contributed by atoms with E-state index in [1.54, 1.807) is 0 Å². The molecule has 1 N–H and O–H groups in total. The van der Waals surface area contributed by atoms with Crippen LogP contribution in [0.1, 0.15) is 13.3 Å². The molecule has 0 saturated carbocycles. The summed E-state index contributed by atoms with van der Waals surface area (Å²) < 4.78 is 2.32. The predicted molar refractivity (Wildman–Crippen MR) is 84.2 cm³/mol. The van der Waals surface area contributed by atoms with Crippen LogP contribution >= 0.6 is 0 Å². The minimum Gasteiger partial charge on any atom is -0.341 e. The van der Waals surface area contributed by atoms with Crippen molar-refractivity contribution in [1.82, 2.24) is 14.9 Å². The first-order valence-corrected chi connectivity index (χ1v) is 7.42. The van der Waals surface area contributed by atoms with Gasteiger partial charge in [-0.2, -0.15) is 0 Å². The monoisotopic (exact) mass is 270 g/mol. The van der Waals surface area contributed by atoms with Crippen molar-refractivity contribution < 1.29 is 0 Å². The standard InChI is InChI=1S/C16H22N4/c1-2-3-12-20-15-8-5-4-7-14(15)18-16(20)19-11-6-9-17-10-13-19/h2-5,7-8,17H,6,9-13H2,1H3/b3-2+. The van der Waals surface area contributed by atoms with Gasteiger partial charge in [0.15, 0.2) is 0 Å². The number of rotatable bonds is 3. The Morgan fingerprint density at radius 3 is 3.05 bits per heavy atom. The zero-order valence-corrected chi connectivity index (χ0v) is 12.0. The van der Waals surface area contributed by atoms with E-state index in [1.807, 2.05) is 0 Å². The van der Waals surface area contributed by atoms with Crippen molar-refractivity contribution in [3.8, 4) is 0 Å². The minimum absolute atomic E-state index is 0.885. The highest BCUT2D eigenvalue weighted by Crippen LogP contribution is 2.23. The van der Waals surface area contributed by atoms with Gasteiger partial charge in [-0.3, -0.25) is 0 Å². The number of hydrogen-bond donors (Lipinski definition) is 1. The molecule has 0 spiro atoms. The number of anilines is 1. The molecule has 3 rings (SSSR count). The van der Waals surface area contributed by atoms with Crippen LogP contribution in [0.15, 0.2) is 36.4 Å². The van der Waals surface area contributed by atoms with E-state index in [0.717, 1.165) is 44.2 Å². The fourth-order valence-electron chi connectivity index (χ4n) is 2.74. The van der Waals surface area contributed by atoms with Gasteiger partial charge in [0.25, 0.3) is 0 Å². The van der Waals surface area contributed by atoms with Gasteiger partial charge in [-0.15, -0.1) is 0 Å². The molecule has 2 heterocycles. The largest absolute Gasteiger partial charge is 0.341 e. The van der Waals surface area contributed by atoms with Gasteiger partial charge in [-0.25, -0.2) is 4.98 Å². The lowest BCUT2D eigenvalue weighted by molar-refractivity contribution is 0.723.